The molecule has 0 bridgehead atoms. The minimum Gasteiger partial charge on any atom is -0.496 e. The van der Waals surface area contributed by atoms with Crippen molar-refractivity contribution in [1.82, 2.24) is 0 Å². The van der Waals surface area contributed by atoms with Crippen LogP contribution < -0.4 is 4.74 Å². The summed E-state index contributed by atoms with van der Waals surface area (Å²) in [6.45, 7) is 4.06. The van der Waals surface area contributed by atoms with Crippen LogP contribution in [0.15, 0.2) is 36.4 Å². The van der Waals surface area contributed by atoms with E-state index in [1.807, 2.05) is 38.1 Å². The van der Waals surface area contributed by atoms with Crippen LogP contribution in [0.3, 0.4) is 0 Å². The van der Waals surface area contributed by atoms with Gasteiger partial charge in [-0.2, -0.15) is 0 Å². The summed E-state index contributed by atoms with van der Waals surface area (Å²) < 4.78 is 5.37. The largest absolute Gasteiger partial charge is 0.496 e. The van der Waals surface area contributed by atoms with Crippen molar-refractivity contribution in [3.8, 4) is 5.75 Å². The maximum absolute atomic E-state index is 6.54. The summed E-state index contributed by atoms with van der Waals surface area (Å²) >= 11 is 12.4. The molecule has 2 aromatic rings. The van der Waals surface area contributed by atoms with E-state index in [9.17, 15) is 0 Å². The van der Waals surface area contributed by atoms with Crippen LogP contribution in [0.5, 0.6) is 5.75 Å². The molecule has 0 N–H and O–H groups in total. The first-order chi connectivity index (χ1) is 9.02. The van der Waals surface area contributed by atoms with Gasteiger partial charge in [-0.15, -0.1) is 11.6 Å². The van der Waals surface area contributed by atoms with Crippen LogP contribution in [-0.2, 0) is 0 Å². The lowest BCUT2D eigenvalue weighted by Gasteiger charge is -2.15. The fourth-order valence-electron chi connectivity index (χ4n) is 2.28. The molecule has 0 spiro atoms. The van der Waals surface area contributed by atoms with Crippen LogP contribution in [0.2, 0.25) is 5.02 Å². The van der Waals surface area contributed by atoms with E-state index in [1.165, 1.54) is 0 Å². The van der Waals surface area contributed by atoms with Gasteiger partial charge in [0.15, 0.2) is 0 Å². The minimum atomic E-state index is -0.180. The van der Waals surface area contributed by atoms with E-state index in [4.69, 9.17) is 27.9 Å². The number of hydrogen-bond acceptors (Lipinski definition) is 1. The molecule has 0 heterocycles. The Balaban J connectivity index is 2.39. The average molecular weight is 295 g/mol. The number of ether oxygens (including phenoxy) is 1. The molecule has 0 saturated heterocycles. The van der Waals surface area contributed by atoms with Gasteiger partial charge in [0, 0.05) is 5.02 Å². The summed E-state index contributed by atoms with van der Waals surface area (Å²) in [4.78, 5) is 0. The molecule has 0 aliphatic rings. The van der Waals surface area contributed by atoms with E-state index >= 15 is 0 Å². The Morgan fingerprint density at radius 1 is 0.947 bits per heavy atom. The van der Waals surface area contributed by atoms with Crippen molar-refractivity contribution >= 4 is 23.2 Å². The Labute approximate surface area is 124 Å². The number of methoxy groups -OCH3 is 1. The molecule has 0 aliphatic carbocycles. The number of rotatable bonds is 3. The van der Waals surface area contributed by atoms with Crippen LogP contribution in [-0.4, -0.2) is 7.11 Å². The summed E-state index contributed by atoms with van der Waals surface area (Å²) in [7, 11) is 1.69. The highest BCUT2D eigenvalue weighted by atomic mass is 35.5. The molecule has 1 nitrogen and oxygen atoms in total. The van der Waals surface area contributed by atoms with Crippen molar-refractivity contribution in [3.63, 3.8) is 0 Å². The lowest BCUT2D eigenvalue weighted by Crippen LogP contribution is -1.98. The Hall–Kier alpha value is -1.18. The Bertz CT molecular complexity index is 553. The van der Waals surface area contributed by atoms with Crippen molar-refractivity contribution in [2.75, 3.05) is 7.11 Å². The summed E-state index contributed by atoms with van der Waals surface area (Å²) in [6, 6.07) is 11.8. The van der Waals surface area contributed by atoms with Crippen molar-refractivity contribution < 1.29 is 4.74 Å². The molecule has 2 aromatic carbocycles. The quantitative estimate of drug-likeness (QED) is 0.699. The Kier molecular flexibility index (Phi) is 4.38. The molecular weight excluding hydrogens is 279 g/mol. The highest BCUT2D eigenvalue weighted by Gasteiger charge is 2.14. The fourth-order valence-corrected chi connectivity index (χ4v) is 2.67. The molecular formula is C16H16Cl2O. The van der Waals surface area contributed by atoms with Gasteiger partial charge >= 0.3 is 0 Å². The summed E-state index contributed by atoms with van der Waals surface area (Å²) in [5, 5.41) is 0.537. The van der Waals surface area contributed by atoms with Gasteiger partial charge < -0.3 is 4.74 Å². The van der Waals surface area contributed by atoms with Crippen molar-refractivity contribution in [1.29, 1.82) is 0 Å². The molecule has 19 heavy (non-hydrogen) atoms. The predicted octanol–water partition coefficient (Wildman–Crippen LogP) is 5.29. The second kappa shape index (κ2) is 5.85. The van der Waals surface area contributed by atoms with Crippen molar-refractivity contribution in [2.45, 2.75) is 19.2 Å². The van der Waals surface area contributed by atoms with E-state index in [2.05, 4.69) is 12.1 Å². The third kappa shape index (κ3) is 3.05. The van der Waals surface area contributed by atoms with Gasteiger partial charge in [0.2, 0.25) is 0 Å². The molecule has 3 heteroatoms. The van der Waals surface area contributed by atoms with E-state index in [0.717, 1.165) is 33.0 Å². The van der Waals surface area contributed by atoms with Crippen LogP contribution in [0, 0.1) is 13.8 Å². The number of aryl methyl sites for hydroxylation is 2. The third-order valence-electron chi connectivity index (χ3n) is 3.14. The maximum Gasteiger partial charge on any atom is 0.124 e. The predicted molar refractivity (Wildman–Crippen MR) is 81.6 cm³/mol. The topological polar surface area (TPSA) is 9.23 Å². The highest BCUT2D eigenvalue weighted by molar-refractivity contribution is 6.30. The zero-order valence-electron chi connectivity index (χ0n) is 11.2. The molecule has 0 fully saturated rings. The number of alkyl halides is 1. The van der Waals surface area contributed by atoms with Gasteiger partial charge in [-0.25, -0.2) is 0 Å². The number of hydrogen-bond donors (Lipinski definition) is 0. The standard InChI is InChI=1S/C16H16Cl2O/c1-10-8-13(9-11(2)16(10)19-3)15(18)12-4-6-14(17)7-5-12/h4-9,15H,1-3H3. The summed E-state index contributed by atoms with van der Waals surface area (Å²) in [6.07, 6.45) is 0. The normalized spacial score (nSPS) is 12.3. The first-order valence-electron chi connectivity index (χ1n) is 6.07. The Morgan fingerprint density at radius 3 is 1.95 bits per heavy atom. The number of benzene rings is 2. The second-order valence-electron chi connectivity index (χ2n) is 4.60. The third-order valence-corrected chi connectivity index (χ3v) is 3.90. The molecule has 0 radical (unpaired) electrons. The average Bonchev–Trinajstić information content (AvgIpc) is 2.38. The van der Waals surface area contributed by atoms with E-state index in [-0.39, 0.29) is 5.38 Å². The van der Waals surface area contributed by atoms with Gasteiger partial charge in [0.05, 0.1) is 12.5 Å². The smallest absolute Gasteiger partial charge is 0.124 e. The van der Waals surface area contributed by atoms with Gasteiger partial charge in [0.25, 0.3) is 0 Å². The van der Waals surface area contributed by atoms with Gasteiger partial charge in [-0.05, 0) is 48.2 Å². The first-order valence-corrected chi connectivity index (χ1v) is 6.89. The minimum absolute atomic E-state index is 0.180. The molecule has 0 amide bonds. The van der Waals surface area contributed by atoms with Crippen molar-refractivity contribution in [2.24, 2.45) is 0 Å². The molecule has 0 saturated carbocycles. The van der Waals surface area contributed by atoms with E-state index in [1.54, 1.807) is 7.11 Å². The summed E-state index contributed by atoms with van der Waals surface area (Å²) in [5.74, 6) is 0.920. The first kappa shape index (κ1) is 14.2. The highest BCUT2D eigenvalue weighted by Crippen LogP contribution is 2.34. The molecule has 2 rings (SSSR count). The SMILES string of the molecule is COc1c(C)cc(C(Cl)c2ccc(Cl)cc2)cc1C. The fraction of sp³-hybridized carbons (Fsp3) is 0.250. The zero-order chi connectivity index (χ0) is 14.0. The Morgan fingerprint density at radius 2 is 1.47 bits per heavy atom. The van der Waals surface area contributed by atoms with Crippen molar-refractivity contribution in [3.05, 3.63) is 63.7 Å². The van der Waals surface area contributed by atoms with Gasteiger partial charge in [0.1, 0.15) is 5.75 Å². The number of halogens is 2. The van der Waals surface area contributed by atoms with E-state index in [0.29, 0.717) is 0 Å². The van der Waals surface area contributed by atoms with Gasteiger partial charge in [-0.3, -0.25) is 0 Å². The van der Waals surface area contributed by atoms with Crippen LogP contribution in [0.25, 0.3) is 0 Å². The van der Waals surface area contributed by atoms with Crippen LogP contribution >= 0.6 is 23.2 Å². The van der Waals surface area contributed by atoms with Crippen LogP contribution in [0.1, 0.15) is 27.6 Å². The lowest BCUT2D eigenvalue weighted by molar-refractivity contribution is 0.408. The van der Waals surface area contributed by atoms with Gasteiger partial charge in [-0.1, -0.05) is 35.9 Å². The second-order valence-corrected chi connectivity index (χ2v) is 5.47. The molecule has 0 aliphatic heterocycles. The molecule has 1 atom stereocenters. The molecule has 1 unspecified atom stereocenters. The lowest BCUT2D eigenvalue weighted by atomic mass is 9.99. The van der Waals surface area contributed by atoms with E-state index < -0.39 is 0 Å². The summed E-state index contributed by atoms with van der Waals surface area (Å²) in [5.41, 5.74) is 4.30. The molecule has 100 valence electrons. The maximum atomic E-state index is 6.54. The monoisotopic (exact) mass is 294 g/mol. The van der Waals surface area contributed by atoms with Crippen LogP contribution in [0.4, 0.5) is 0 Å². The zero-order valence-corrected chi connectivity index (χ0v) is 12.7. The molecule has 0 aromatic heterocycles.